The maximum absolute atomic E-state index is 3.86. The van der Waals surface area contributed by atoms with Crippen molar-refractivity contribution >= 4 is 0 Å². The number of rotatable bonds is 4. The third-order valence-corrected chi connectivity index (χ3v) is 6.53. The molecule has 0 fully saturated rings. The van der Waals surface area contributed by atoms with Crippen LogP contribution < -0.4 is 24.8 Å². The predicted molar refractivity (Wildman–Crippen MR) is 135 cm³/mol. The third-order valence-electron chi connectivity index (χ3n) is 6.53. The molecule has 172 valence electrons. The quantitative estimate of drug-likeness (QED) is 0.260. The van der Waals surface area contributed by atoms with Gasteiger partial charge in [0.15, 0.2) is 0 Å². The van der Waals surface area contributed by atoms with E-state index in [1.54, 1.807) is 0 Å². The molecule has 3 heteroatoms. The Morgan fingerprint density at radius 3 is 1.34 bits per heavy atom. The van der Waals surface area contributed by atoms with E-state index in [0.29, 0.717) is 11.8 Å². The van der Waals surface area contributed by atoms with Crippen molar-refractivity contribution in [2.75, 3.05) is 0 Å². The Morgan fingerprint density at radius 2 is 0.943 bits per heavy atom. The fourth-order valence-electron chi connectivity index (χ4n) is 5.17. The first-order valence-electron chi connectivity index (χ1n) is 11.2. The van der Waals surface area contributed by atoms with Crippen molar-refractivity contribution in [3.05, 3.63) is 145 Å². The van der Waals surface area contributed by atoms with Crippen molar-refractivity contribution in [3.63, 3.8) is 0 Å². The minimum Gasteiger partial charge on any atom is -1.00 e. The SMILES string of the molecule is C=CCC1c2[c-]cccc2-c2ccccc21.C=CCC1c2[c-]cccc2-c2ccccc21.[Cl-].[Cl-].[Zr+4]. The molecule has 35 heavy (non-hydrogen) atoms. The summed E-state index contributed by atoms with van der Waals surface area (Å²) in [6.07, 6.45) is 5.98. The summed E-state index contributed by atoms with van der Waals surface area (Å²) < 4.78 is 0. The third kappa shape index (κ3) is 5.49. The molecule has 6 rings (SSSR count). The molecule has 2 atom stereocenters. The van der Waals surface area contributed by atoms with E-state index >= 15 is 0 Å². The van der Waals surface area contributed by atoms with Crippen molar-refractivity contribution in [2.45, 2.75) is 24.7 Å². The summed E-state index contributed by atoms with van der Waals surface area (Å²) in [7, 11) is 0. The molecule has 0 aromatic heterocycles. The molecule has 4 aromatic rings. The number of allylic oxidation sites excluding steroid dienone is 2. The zero-order chi connectivity index (χ0) is 21.9. The molecular formula is C32H26Cl2Zr. The molecule has 0 amide bonds. The van der Waals surface area contributed by atoms with Gasteiger partial charge in [-0.3, -0.25) is 0 Å². The predicted octanol–water partition coefficient (Wildman–Crippen LogP) is 2.36. The largest absolute Gasteiger partial charge is 4.00 e. The van der Waals surface area contributed by atoms with Crippen LogP contribution in [0.2, 0.25) is 0 Å². The van der Waals surface area contributed by atoms with E-state index in [4.69, 9.17) is 0 Å². The topological polar surface area (TPSA) is 0 Å². The van der Waals surface area contributed by atoms with Crippen LogP contribution in [0.5, 0.6) is 0 Å². The standard InChI is InChI=1S/2C16H13.2ClH.Zr/c2*1-2-7-12-13-8-3-5-10-15(13)16-11-6-4-9-14(12)16;;;/h2*2-6,8,10-12H,1,7H2;2*1H;/q2*-1;;;+4/p-2. The van der Waals surface area contributed by atoms with Crippen LogP contribution in [0.1, 0.15) is 46.9 Å². The molecule has 2 unspecified atom stereocenters. The molecule has 0 N–H and O–H groups in total. The van der Waals surface area contributed by atoms with Crippen molar-refractivity contribution < 1.29 is 51.0 Å². The Morgan fingerprint density at radius 1 is 0.571 bits per heavy atom. The maximum Gasteiger partial charge on any atom is 4.00 e. The molecule has 0 aliphatic heterocycles. The molecule has 0 nitrogen and oxygen atoms in total. The minimum atomic E-state index is 0. The number of hydrogen-bond acceptors (Lipinski definition) is 0. The second-order valence-corrected chi connectivity index (χ2v) is 8.32. The fourth-order valence-corrected chi connectivity index (χ4v) is 5.17. The van der Waals surface area contributed by atoms with Crippen molar-refractivity contribution in [2.24, 2.45) is 0 Å². The molecule has 0 saturated heterocycles. The van der Waals surface area contributed by atoms with Gasteiger partial charge in [0.2, 0.25) is 0 Å². The first kappa shape index (κ1) is 29.1. The average molecular weight is 573 g/mol. The fraction of sp³-hybridized carbons (Fsp3) is 0.125. The number of benzene rings is 4. The first-order chi connectivity index (χ1) is 15.8. The summed E-state index contributed by atoms with van der Waals surface area (Å²) in [5.74, 6) is 0.898. The summed E-state index contributed by atoms with van der Waals surface area (Å²) in [6, 6.07) is 36.5. The molecule has 0 heterocycles. The van der Waals surface area contributed by atoms with Crippen LogP contribution in [-0.2, 0) is 26.2 Å². The monoisotopic (exact) mass is 570 g/mol. The Hall–Kier alpha value is -2.18. The molecule has 0 bridgehead atoms. The van der Waals surface area contributed by atoms with E-state index in [0.717, 1.165) is 12.8 Å². The van der Waals surface area contributed by atoms with Gasteiger partial charge in [0.05, 0.1) is 0 Å². The second-order valence-electron chi connectivity index (χ2n) is 8.32. The molecule has 0 saturated carbocycles. The van der Waals surface area contributed by atoms with Gasteiger partial charge in [-0.2, -0.15) is 48.5 Å². The minimum absolute atomic E-state index is 0. The molecule has 4 aromatic carbocycles. The first-order valence-corrected chi connectivity index (χ1v) is 11.2. The van der Waals surface area contributed by atoms with Crippen LogP contribution in [0.25, 0.3) is 22.3 Å². The summed E-state index contributed by atoms with van der Waals surface area (Å²) in [5, 5.41) is 0. The molecule has 0 spiro atoms. The van der Waals surface area contributed by atoms with Gasteiger partial charge in [-0.15, -0.1) is 35.4 Å². The zero-order valence-corrected chi connectivity index (χ0v) is 23.4. The van der Waals surface area contributed by atoms with E-state index in [1.165, 1.54) is 44.5 Å². The smallest absolute Gasteiger partial charge is 1.00 e. The van der Waals surface area contributed by atoms with E-state index in [9.17, 15) is 0 Å². The Kier molecular flexibility index (Phi) is 11.0. The van der Waals surface area contributed by atoms with Gasteiger partial charge < -0.3 is 24.8 Å². The van der Waals surface area contributed by atoms with Gasteiger partial charge in [0.1, 0.15) is 0 Å². The van der Waals surface area contributed by atoms with Gasteiger partial charge in [-0.05, 0) is 35.8 Å². The number of fused-ring (bicyclic) bond motifs is 6. The van der Waals surface area contributed by atoms with E-state index in [1.807, 2.05) is 24.3 Å². The number of halogens is 2. The summed E-state index contributed by atoms with van der Waals surface area (Å²) >= 11 is 0. The summed E-state index contributed by atoms with van der Waals surface area (Å²) in [5.41, 5.74) is 10.9. The van der Waals surface area contributed by atoms with Crippen LogP contribution >= 0.6 is 0 Å². The van der Waals surface area contributed by atoms with Crippen LogP contribution in [0.15, 0.2) is 110 Å². The van der Waals surface area contributed by atoms with Crippen LogP contribution in [-0.4, -0.2) is 0 Å². The summed E-state index contributed by atoms with van der Waals surface area (Å²) in [4.78, 5) is 0. The Balaban J connectivity index is 0.000000227. The van der Waals surface area contributed by atoms with Crippen molar-refractivity contribution in [3.8, 4) is 22.3 Å². The van der Waals surface area contributed by atoms with Crippen LogP contribution in [0.3, 0.4) is 0 Å². The number of hydrogen-bond donors (Lipinski definition) is 0. The zero-order valence-electron chi connectivity index (χ0n) is 19.5. The maximum atomic E-state index is 3.86. The second kappa shape index (κ2) is 13.2. The summed E-state index contributed by atoms with van der Waals surface area (Å²) in [6.45, 7) is 7.71. The van der Waals surface area contributed by atoms with Gasteiger partial charge >= 0.3 is 26.2 Å². The average Bonchev–Trinajstić information content (AvgIpc) is 3.34. The van der Waals surface area contributed by atoms with E-state index < -0.39 is 0 Å². The molecule has 0 radical (unpaired) electrons. The molecule has 2 aliphatic carbocycles. The van der Waals surface area contributed by atoms with Crippen molar-refractivity contribution in [1.82, 2.24) is 0 Å². The van der Waals surface area contributed by atoms with Crippen LogP contribution in [0.4, 0.5) is 0 Å². The van der Waals surface area contributed by atoms with E-state index in [2.05, 4.69) is 98.1 Å². The molecule has 2 aliphatic rings. The van der Waals surface area contributed by atoms with Gasteiger partial charge in [-0.25, -0.2) is 0 Å². The van der Waals surface area contributed by atoms with Gasteiger partial charge in [-0.1, -0.05) is 71.8 Å². The van der Waals surface area contributed by atoms with E-state index in [-0.39, 0.29) is 51.0 Å². The van der Waals surface area contributed by atoms with Crippen molar-refractivity contribution in [1.29, 1.82) is 0 Å². The Labute approximate surface area is 241 Å². The van der Waals surface area contributed by atoms with Gasteiger partial charge in [0, 0.05) is 0 Å². The Bertz CT molecular complexity index is 1100. The van der Waals surface area contributed by atoms with Gasteiger partial charge in [0.25, 0.3) is 0 Å². The normalized spacial score (nSPS) is 15.2. The molecular weight excluding hydrogens is 546 g/mol. The van der Waals surface area contributed by atoms with Crippen LogP contribution in [0, 0.1) is 12.1 Å².